The fourth-order valence-corrected chi connectivity index (χ4v) is 2.76. The molecular formula is C17H25F3N4O2. The van der Waals surface area contributed by atoms with Crippen molar-refractivity contribution >= 4 is 5.96 Å². The molecule has 0 aliphatic carbocycles. The molecule has 0 aromatic carbocycles. The van der Waals surface area contributed by atoms with E-state index in [2.05, 4.69) is 20.2 Å². The summed E-state index contributed by atoms with van der Waals surface area (Å²) in [5.41, 5.74) is -0.794. The van der Waals surface area contributed by atoms with Gasteiger partial charge in [0, 0.05) is 44.9 Å². The molecule has 1 unspecified atom stereocenters. The molecule has 1 N–H and O–H groups in total. The molecule has 0 amide bonds. The maximum atomic E-state index is 12.5. The number of nitrogens with zero attached hydrogens (tertiary/aromatic N) is 3. The lowest BCUT2D eigenvalue weighted by Crippen LogP contribution is -2.40. The minimum absolute atomic E-state index is 0.152. The summed E-state index contributed by atoms with van der Waals surface area (Å²) in [6.07, 6.45) is -2.57. The smallest absolute Gasteiger partial charge is 0.417 e. The summed E-state index contributed by atoms with van der Waals surface area (Å²) in [6.45, 7) is 5.92. The molecule has 1 atom stereocenters. The Morgan fingerprint density at radius 1 is 1.42 bits per heavy atom. The van der Waals surface area contributed by atoms with Crippen LogP contribution < -0.4 is 10.1 Å². The van der Waals surface area contributed by atoms with Gasteiger partial charge < -0.3 is 19.7 Å². The van der Waals surface area contributed by atoms with Crippen LogP contribution in [0.5, 0.6) is 5.88 Å². The number of methoxy groups -OCH3 is 1. The lowest BCUT2D eigenvalue weighted by molar-refractivity contribution is -0.137. The van der Waals surface area contributed by atoms with Crippen molar-refractivity contribution in [3.8, 4) is 5.88 Å². The molecular weight excluding hydrogens is 349 g/mol. The number of nitrogens with one attached hydrogen (secondary N) is 1. The number of hydrogen-bond donors (Lipinski definition) is 1. The molecule has 26 heavy (non-hydrogen) atoms. The highest BCUT2D eigenvalue weighted by molar-refractivity contribution is 5.80. The van der Waals surface area contributed by atoms with Gasteiger partial charge in [0.1, 0.15) is 6.61 Å². The first-order valence-corrected chi connectivity index (χ1v) is 8.62. The number of halogens is 3. The topological polar surface area (TPSA) is 59.0 Å². The summed E-state index contributed by atoms with van der Waals surface area (Å²) < 4.78 is 48.1. The van der Waals surface area contributed by atoms with E-state index in [1.807, 2.05) is 6.92 Å². The molecule has 6 nitrogen and oxygen atoms in total. The Bertz CT molecular complexity index is 578. The summed E-state index contributed by atoms with van der Waals surface area (Å²) >= 11 is 0. The van der Waals surface area contributed by atoms with Crippen LogP contribution >= 0.6 is 0 Å². The first-order chi connectivity index (χ1) is 12.4. The average molecular weight is 374 g/mol. The second-order valence-electron chi connectivity index (χ2n) is 6.02. The zero-order valence-electron chi connectivity index (χ0n) is 15.1. The Kier molecular flexibility index (Phi) is 7.50. The molecule has 146 valence electrons. The molecule has 1 aliphatic rings. The standard InChI is InChI=1S/C17H25F3N4O2/c1-3-21-16(24-8-6-13(11-24)12-25-2)22-7-9-26-15-5-4-14(10-23-15)17(18,19)20/h4-5,10,13H,3,6-9,11-12H2,1-2H3,(H,21,22). The predicted octanol–water partition coefficient (Wildman–Crippen LogP) is 2.41. The van der Waals surface area contributed by atoms with Crippen LogP contribution in [0.1, 0.15) is 18.9 Å². The largest absolute Gasteiger partial charge is 0.476 e. The molecule has 9 heteroatoms. The summed E-state index contributed by atoms with van der Waals surface area (Å²) in [5, 5.41) is 3.25. The lowest BCUT2D eigenvalue weighted by atomic mass is 10.1. The van der Waals surface area contributed by atoms with Gasteiger partial charge in [-0.15, -0.1) is 0 Å². The van der Waals surface area contributed by atoms with E-state index >= 15 is 0 Å². The highest BCUT2D eigenvalue weighted by Gasteiger charge is 2.30. The molecule has 2 rings (SSSR count). The van der Waals surface area contributed by atoms with Crippen molar-refractivity contribution in [1.29, 1.82) is 0 Å². The summed E-state index contributed by atoms with van der Waals surface area (Å²) in [7, 11) is 1.70. The minimum atomic E-state index is -4.40. The van der Waals surface area contributed by atoms with Crippen LogP contribution in [0, 0.1) is 5.92 Å². The normalized spacial score (nSPS) is 18.3. The Morgan fingerprint density at radius 3 is 2.85 bits per heavy atom. The number of pyridine rings is 1. The minimum Gasteiger partial charge on any atom is -0.476 e. The Hall–Kier alpha value is -2.03. The van der Waals surface area contributed by atoms with E-state index in [0.717, 1.165) is 50.9 Å². The Balaban J connectivity index is 1.83. The maximum Gasteiger partial charge on any atom is 0.417 e. The Morgan fingerprint density at radius 2 is 2.23 bits per heavy atom. The van der Waals surface area contributed by atoms with Crippen molar-refractivity contribution in [1.82, 2.24) is 15.2 Å². The van der Waals surface area contributed by atoms with Crippen LogP contribution in [0.25, 0.3) is 0 Å². The summed E-state index contributed by atoms with van der Waals surface area (Å²) in [4.78, 5) is 10.4. The summed E-state index contributed by atoms with van der Waals surface area (Å²) in [5.74, 6) is 1.46. The molecule has 1 fully saturated rings. The van der Waals surface area contributed by atoms with Crippen LogP contribution in [0.2, 0.25) is 0 Å². The number of alkyl halides is 3. The van der Waals surface area contributed by atoms with E-state index in [-0.39, 0.29) is 12.5 Å². The quantitative estimate of drug-likeness (QED) is 0.451. The number of aromatic nitrogens is 1. The van der Waals surface area contributed by atoms with Crippen molar-refractivity contribution < 1.29 is 22.6 Å². The molecule has 1 aromatic heterocycles. The molecule has 0 spiro atoms. The van der Waals surface area contributed by atoms with E-state index in [4.69, 9.17) is 9.47 Å². The van der Waals surface area contributed by atoms with Gasteiger partial charge in [-0.05, 0) is 19.4 Å². The van der Waals surface area contributed by atoms with Crippen molar-refractivity contribution in [3.05, 3.63) is 23.9 Å². The molecule has 2 heterocycles. The van der Waals surface area contributed by atoms with Gasteiger partial charge in [-0.25, -0.2) is 9.98 Å². The third kappa shape index (κ3) is 6.05. The first kappa shape index (κ1) is 20.3. The average Bonchev–Trinajstić information content (AvgIpc) is 3.06. The van der Waals surface area contributed by atoms with Gasteiger partial charge in [0.25, 0.3) is 0 Å². The van der Waals surface area contributed by atoms with E-state index in [1.54, 1.807) is 7.11 Å². The van der Waals surface area contributed by atoms with Crippen molar-refractivity contribution in [3.63, 3.8) is 0 Å². The number of hydrogen-bond acceptors (Lipinski definition) is 4. The zero-order chi connectivity index (χ0) is 19.0. The van der Waals surface area contributed by atoms with E-state index < -0.39 is 11.7 Å². The highest BCUT2D eigenvalue weighted by Crippen LogP contribution is 2.29. The molecule has 0 bridgehead atoms. The van der Waals surface area contributed by atoms with Gasteiger partial charge >= 0.3 is 6.18 Å². The monoisotopic (exact) mass is 374 g/mol. The highest BCUT2D eigenvalue weighted by atomic mass is 19.4. The van der Waals surface area contributed by atoms with E-state index in [1.165, 1.54) is 6.07 Å². The maximum absolute atomic E-state index is 12.5. The third-order valence-corrected chi connectivity index (χ3v) is 3.99. The van der Waals surface area contributed by atoms with Crippen LogP contribution in [0.4, 0.5) is 13.2 Å². The molecule has 0 radical (unpaired) electrons. The summed E-state index contributed by atoms with van der Waals surface area (Å²) in [6, 6.07) is 2.17. The fraction of sp³-hybridized carbons (Fsp3) is 0.647. The molecule has 1 saturated heterocycles. The first-order valence-electron chi connectivity index (χ1n) is 8.62. The number of rotatable bonds is 7. The fourth-order valence-electron chi connectivity index (χ4n) is 2.76. The predicted molar refractivity (Wildman–Crippen MR) is 92.3 cm³/mol. The van der Waals surface area contributed by atoms with Crippen LogP contribution in [-0.4, -0.2) is 62.3 Å². The number of guanidine groups is 1. The molecule has 0 saturated carbocycles. The van der Waals surface area contributed by atoms with Crippen molar-refractivity contribution in [2.24, 2.45) is 10.9 Å². The third-order valence-electron chi connectivity index (χ3n) is 3.99. The SMILES string of the molecule is CCNC(=NCCOc1ccc(C(F)(F)F)cn1)N1CCC(COC)C1. The van der Waals surface area contributed by atoms with E-state index in [0.29, 0.717) is 12.5 Å². The van der Waals surface area contributed by atoms with Crippen LogP contribution in [0.3, 0.4) is 0 Å². The molecule has 1 aromatic rings. The van der Waals surface area contributed by atoms with Crippen LogP contribution in [0.15, 0.2) is 23.3 Å². The molecule has 1 aliphatic heterocycles. The van der Waals surface area contributed by atoms with Gasteiger partial charge in [0.15, 0.2) is 5.96 Å². The number of likely N-dealkylation sites (tertiary alicyclic amines) is 1. The van der Waals surface area contributed by atoms with Gasteiger partial charge in [-0.1, -0.05) is 0 Å². The van der Waals surface area contributed by atoms with Crippen LogP contribution in [-0.2, 0) is 10.9 Å². The van der Waals surface area contributed by atoms with Gasteiger partial charge in [0.05, 0.1) is 18.7 Å². The van der Waals surface area contributed by atoms with Gasteiger partial charge in [-0.3, -0.25) is 0 Å². The zero-order valence-corrected chi connectivity index (χ0v) is 15.1. The second-order valence-corrected chi connectivity index (χ2v) is 6.02. The number of ether oxygens (including phenoxy) is 2. The van der Waals surface area contributed by atoms with Gasteiger partial charge in [0.2, 0.25) is 5.88 Å². The van der Waals surface area contributed by atoms with Crippen molar-refractivity contribution in [2.45, 2.75) is 19.5 Å². The lowest BCUT2D eigenvalue weighted by Gasteiger charge is -2.21. The second kappa shape index (κ2) is 9.61. The number of aliphatic imine (C=N–C) groups is 1. The van der Waals surface area contributed by atoms with Crippen molar-refractivity contribution in [2.75, 3.05) is 46.5 Å². The van der Waals surface area contributed by atoms with E-state index in [9.17, 15) is 13.2 Å². The van der Waals surface area contributed by atoms with Gasteiger partial charge in [-0.2, -0.15) is 13.2 Å². The Labute approximate surface area is 151 Å².